The Labute approximate surface area is 163 Å². The molecule has 1 heterocycles. The molecule has 27 heavy (non-hydrogen) atoms. The van der Waals surface area contributed by atoms with Gasteiger partial charge < -0.3 is 10.1 Å². The van der Waals surface area contributed by atoms with Crippen molar-refractivity contribution in [1.82, 2.24) is 0 Å². The second kappa shape index (κ2) is 6.42. The molecule has 0 spiro atoms. The third kappa shape index (κ3) is 2.85. The van der Waals surface area contributed by atoms with Crippen molar-refractivity contribution in [3.05, 3.63) is 53.6 Å². The zero-order chi connectivity index (χ0) is 19.2. The molecule has 1 N–H and O–H groups in total. The van der Waals surface area contributed by atoms with E-state index < -0.39 is 20.7 Å². The molecule has 6 nitrogen and oxygen atoms in total. The zero-order valence-corrected chi connectivity index (χ0v) is 16.3. The SMILES string of the molecule is CCOc1ccc(NC(=O)[C@]23C[C@@H]2CN(c2ccc(Cl)cc2)S3(=O)=O)cc1. The summed E-state index contributed by atoms with van der Waals surface area (Å²) in [5, 5.41) is 3.28. The number of nitrogens with one attached hydrogen (secondary N) is 1. The van der Waals surface area contributed by atoms with Crippen molar-refractivity contribution in [3.63, 3.8) is 0 Å². The van der Waals surface area contributed by atoms with Gasteiger partial charge in [0.25, 0.3) is 0 Å². The number of hydrogen-bond acceptors (Lipinski definition) is 4. The number of benzene rings is 2. The molecule has 0 aromatic heterocycles. The summed E-state index contributed by atoms with van der Waals surface area (Å²) in [5.41, 5.74) is 1.07. The van der Waals surface area contributed by atoms with Gasteiger partial charge in [-0.1, -0.05) is 11.6 Å². The number of sulfonamides is 1. The van der Waals surface area contributed by atoms with Crippen LogP contribution in [0.1, 0.15) is 13.3 Å². The second-order valence-electron chi connectivity index (χ2n) is 6.71. The summed E-state index contributed by atoms with van der Waals surface area (Å²) in [6, 6.07) is 13.5. The van der Waals surface area contributed by atoms with E-state index in [1.165, 1.54) is 4.31 Å². The summed E-state index contributed by atoms with van der Waals surface area (Å²) in [4.78, 5) is 12.9. The van der Waals surface area contributed by atoms with Crippen LogP contribution in [0.3, 0.4) is 0 Å². The van der Waals surface area contributed by atoms with E-state index in [4.69, 9.17) is 16.3 Å². The molecule has 1 aliphatic carbocycles. The summed E-state index contributed by atoms with van der Waals surface area (Å²) in [5.74, 6) is 0.00867. The molecule has 8 heteroatoms. The normalized spacial score (nSPS) is 25.0. The average Bonchev–Trinajstić information content (AvgIpc) is 3.33. The summed E-state index contributed by atoms with van der Waals surface area (Å²) >= 11 is 5.88. The van der Waals surface area contributed by atoms with Crippen LogP contribution in [0, 0.1) is 5.92 Å². The minimum atomic E-state index is -3.80. The standard InChI is InChI=1S/C19H19ClN2O4S/c1-2-26-17-9-5-15(6-10-17)21-18(23)19-11-13(19)12-22(27(19,24)25)16-7-3-14(20)4-8-16/h3-10,13H,2,11-12H2,1H3,(H,21,23)/t13-,19+/m1/s1. The lowest BCUT2D eigenvalue weighted by molar-refractivity contribution is -0.116. The van der Waals surface area contributed by atoms with Gasteiger partial charge >= 0.3 is 0 Å². The molecule has 1 saturated carbocycles. The van der Waals surface area contributed by atoms with Gasteiger partial charge in [-0.3, -0.25) is 9.10 Å². The third-order valence-electron chi connectivity index (χ3n) is 5.11. The molecular formula is C19H19ClN2O4S. The molecule has 1 saturated heterocycles. The van der Waals surface area contributed by atoms with Crippen LogP contribution < -0.4 is 14.4 Å². The predicted octanol–water partition coefficient (Wildman–Crippen LogP) is 3.29. The first-order chi connectivity index (χ1) is 12.9. The number of ether oxygens (including phenoxy) is 1. The number of hydrogen-bond donors (Lipinski definition) is 1. The average molecular weight is 407 g/mol. The number of carbonyl (C=O) groups excluding carboxylic acids is 1. The molecule has 4 rings (SSSR count). The van der Waals surface area contributed by atoms with Gasteiger partial charge in [0.1, 0.15) is 5.75 Å². The maximum absolute atomic E-state index is 13.1. The topological polar surface area (TPSA) is 75.7 Å². The lowest BCUT2D eigenvalue weighted by atomic mass is 10.2. The van der Waals surface area contributed by atoms with Gasteiger partial charge in [-0.2, -0.15) is 0 Å². The Kier molecular flexibility index (Phi) is 4.31. The van der Waals surface area contributed by atoms with Crippen molar-refractivity contribution < 1.29 is 17.9 Å². The quantitative estimate of drug-likeness (QED) is 0.826. The van der Waals surface area contributed by atoms with Crippen LogP contribution in [0.5, 0.6) is 5.75 Å². The van der Waals surface area contributed by atoms with Crippen LogP contribution in [0.15, 0.2) is 48.5 Å². The molecular weight excluding hydrogens is 388 g/mol. The fourth-order valence-corrected chi connectivity index (χ4v) is 6.10. The van der Waals surface area contributed by atoms with Crippen molar-refractivity contribution in [2.24, 2.45) is 5.92 Å². The van der Waals surface area contributed by atoms with Crippen molar-refractivity contribution in [3.8, 4) is 5.75 Å². The molecule has 2 aromatic rings. The van der Waals surface area contributed by atoms with Gasteiger partial charge in [-0.15, -0.1) is 0 Å². The molecule has 0 unspecified atom stereocenters. The van der Waals surface area contributed by atoms with E-state index in [2.05, 4.69) is 5.32 Å². The minimum absolute atomic E-state index is 0.208. The van der Waals surface area contributed by atoms with Crippen molar-refractivity contribution in [2.45, 2.75) is 18.1 Å². The number of nitrogens with zero attached hydrogens (tertiary/aromatic N) is 1. The highest BCUT2D eigenvalue weighted by atomic mass is 35.5. The number of carbonyl (C=O) groups is 1. The first-order valence-electron chi connectivity index (χ1n) is 8.70. The fourth-order valence-electron chi connectivity index (χ4n) is 3.61. The monoisotopic (exact) mass is 406 g/mol. The van der Waals surface area contributed by atoms with E-state index in [-0.39, 0.29) is 5.92 Å². The van der Waals surface area contributed by atoms with E-state index in [0.717, 1.165) is 0 Å². The zero-order valence-electron chi connectivity index (χ0n) is 14.7. The molecule has 1 aliphatic heterocycles. The van der Waals surface area contributed by atoms with Crippen LogP contribution in [0.25, 0.3) is 0 Å². The Morgan fingerprint density at radius 3 is 2.52 bits per heavy atom. The molecule has 1 amide bonds. The Balaban J connectivity index is 1.55. The van der Waals surface area contributed by atoms with E-state index >= 15 is 0 Å². The van der Waals surface area contributed by atoms with E-state index in [1.807, 2.05) is 6.92 Å². The minimum Gasteiger partial charge on any atom is -0.494 e. The largest absolute Gasteiger partial charge is 0.494 e. The Morgan fingerprint density at radius 1 is 1.22 bits per heavy atom. The Bertz CT molecular complexity index is 976. The third-order valence-corrected chi connectivity index (χ3v) is 7.91. The number of rotatable bonds is 5. The number of fused-ring (bicyclic) bond motifs is 1. The molecule has 0 radical (unpaired) electrons. The molecule has 2 atom stereocenters. The van der Waals surface area contributed by atoms with Crippen molar-refractivity contribution in [2.75, 3.05) is 22.8 Å². The van der Waals surface area contributed by atoms with Gasteiger partial charge in [0.2, 0.25) is 15.9 Å². The molecule has 0 bridgehead atoms. The van der Waals surface area contributed by atoms with Crippen LogP contribution in [0.2, 0.25) is 5.02 Å². The van der Waals surface area contributed by atoms with Gasteiger partial charge in [0.05, 0.1) is 12.3 Å². The van der Waals surface area contributed by atoms with Gasteiger partial charge in [0, 0.05) is 23.2 Å². The van der Waals surface area contributed by atoms with Crippen molar-refractivity contribution in [1.29, 1.82) is 0 Å². The number of amides is 1. The lowest BCUT2D eigenvalue weighted by Crippen LogP contribution is -2.42. The molecule has 2 aromatic carbocycles. The Morgan fingerprint density at radius 2 is 1.89 bits per heavy atom. The summed E-state index contributed by atoms with van der Waals surface area (Å²) in [6.07, 6.45) is 0.349. The maximum atomic E-state index is 13.1. The highest BCUT2D eigenvalue weighted by molar-refractivity contribution is 7.95. The van der Waals surface area contributed by atoms with Crippen molar-refractivity contribution >= 4 is 38.9 Å². The van der Waals surface area contributed by atoms with Crippen LogP contribution >= 0.6 is 11.6 Å². The van der Waals surface area contributed by atoms with Gasteiger partial charge in [-0.05, 0) is 61.9 Å². The van der Waals surface area contributed by atoms with E-state index in [1.54, 1.807) is 48.5 Å². The summed E-state index contributed by atoms with van der Waals surface area (Å²) in [7, 11) is -3.80. The van der Waals surface area contributed by atoms with E-state index in [0.29, 0.717) is 41.7 Å². The summed E-state index contributed by atoms with van der Waals surface area (Å²) in [6.45, 7) is 2.75. The number of halogens is 1. The molecule has 2 aliphatic rings. The first kappa shape index (κ1) is 18.1. The highest BCUT2D eigenvalue weighted by Crippen LogP contribution is 2.58. The van der Waals surface area contributed by atoms with E-state index in [9.17, 15) is 13.2 Å². The Hall–Kier alpha value is -2.25. The predicted molar refractivity (Wildman–Crippen MR) is 105 cm³/mol. The molecule has 2 fully saturated rings. The lowest BCUT2D eigenvalue weighted by Gasteiger charge is -2.23. The molecule has 142 valence electrons. The summed E-state index contributed by atoms with van der Waals surface area (Å²) < 4.78 is 31.6. The number of anilines is 2. The van der Waals surface area contributed by atoms with Gasteiger partial charge in [-0.25, -0.2) is 8.42 Å². The smallest absolute Gasteiger partial charge is 0.250 e. The fraction of sp³-hybridized carbons (Fsp3) is 0.316. The van der Waals surface area contributed by atoms with Crippen LogP contribution in [-0.2, 0) is 14.8 Å². The first-order valence-corrected chi connectivity index (χ1v) is 10.5. The van der Waals surface area contributed by atoms with Gasteiger partial charge in [0.15, 0.2) is 4.75 Å². The maximum Gasteiger partial charge on any atom is 0.250 e. The second-order valence-corrected chi connectivity index (χ2v) is 9.27. The van der Waals surface area contributed by atoms with Crippen LogP contribution in [0.4, 0.5) is 11.4 Å². The van der Waals surface area contributed by atoms with Crippen LogP contribution in [-0.4, -0.2) is 32.2 Å². The highest BCUT2D eigenvalue weighted by Gasteiger charge is 2.75.